The second-order valence-electron chi connectivity index (χ2n) is 10.9. The van der Waals surface area contributed by atoms with Crippen LogP contribution >= 0.6 is 0 Å². The third kappa shape index (κ3) is 6.93. The summed E-state index contributed by atoms with van der Waals surface area (Å²) in [7, 11) is 0. The lowest BCUT2D eigenvalue weighted by molar-refractivity contribution is -0.130. The van der Waals surface area contributed by atoms with E-state index in [9.17, 15) is 14.4 Å². The third-order valence-corrected chi connectivity index (χ3v) is 7.67. The van der Waals surface area contributed by atoms with Crippen molar-refractivity contribution in [3.8, 4) is 5.75 Å². The molecule has 0 radical (unpaired) electrons. The van der Waals surface area contributed by atoms with Crippen molar-refractivity contribution in [2.24, 2.45) is 5.92 Å². The largest absolute Gasteiger partial charge is 0.494 e. The minimum absolute atomic E-state index is 0.0147. The first-order chi connectivity index (χ1) is 19.9. The molecule has 2 atom stereocenters. The minimum atomic E-state index is -0.416. The van der Waals surface area contributed by atoms with Crippen LogP contribution in [0.1, 0.15) is 66.8 Å². The van der Waals surface area contributed by atoms with Crippen LogP contribution in [0.4, 0.5) is 0 Å². The quantitative estimate of drug-likeness (QED) is 0.483. The molecule has 0 spiro atoms. The van der Waals surface area contributed by atoms with Crippen LogP contribution in [-0.2, 0) is 16.1 Å². The van der Waals surface area contributed by atoms with E-state index in [2.05, 4.69) is 20.6 Å². The summed E-state index contributed by atoms with van der Waals surface area (Å²) in [5.74, 6) is 0.525. The fourth-order valence-electron chi connectivity index (χ4n) is 5.37. The summed E-state index contributed by atoms with van der Waals surface area (Å²) in [6.07, 6.45) is 4.72. The normalized spacial score (nSPS) is 19.8. The van der Waals surface area contributed by atoms with E-state index < -0.39 is 5.92 Å². The Hall–Kier alpha value is -4.22. The number of carbonyl (C=O) groups is 3. The van der Waals surface area contributed by atoms with Gasteiger partial charge in [0.2, 0.25) is 11.8 Å². The monoisotopic (exact) mass is 563 g/mol. The fourth-order valence-corrected chi connectivity index (χ4v) is 5.37. The molecule has 12 heteroatoms. The van der Waals surface area contributed by atoms with Gasteiger partial charge >= 0.3 is 0 Å². The van der Waals surface area contributed by atoms with Gasteiger partial charge in [-0.1, -0.05) is 31.1 Å². The summed E-state index contributed by atoms with van der Waals surface area (Å²) in [5.41, 5.74) is 1.23. The molecule has 218 valence electrons. The van der Waals surface area contributed by atoms with Crippen LogP contribution in [0, 0.1) is 5.92 Å². The topological polar surface area (TPSA) is 136 Å². The number of fused-ring (bicyclic) bond motifs is 4. The van der Waals surface area contributed by atoms with Gasteiger partial charge in [-0.2, -0.15) is 5.10 Å². The number of nitrogens with zero attached hydrogens (tertiary/aromatic N) is 6. The van der Waals surface area contributed by atoms with E-state index in [4.69, 9.17) is 9.26 Å². The summed E-state index contributed by atoms with van der Waals surface area (Å²) in [6, 6.07) is 9.44. The molecular formula is C29H37N7O5. The molecule has 2 aliphatic heterocycles. The standard InChI is InChI=1S/C29H37N7O5/c1-20(2)26-15-25(33-41-26)29(39)34-10-5-13-40-22-7-3-6-21(14-22)23-16-35(17-24(23)28(38)31-9-12-34)27(37)8-4-11-36-19-30-18-32-36/h3,6-7,14-15,18-20,23-24H,4-5,8-13,16-17H2,1-2H3,(H,31,38)/t23-,24+/m1/s1. The first-order valence-corrected chi connectivity index (χ1v) is 14.3. The SMILES string of the molecule is CC(C)c1cc(C(=O)N2CCCOc3cccc(c3)[C@H]3CN(C(=O)CCCn4cncn4)C[C@@H]3C(=O)NCC2)no1. The van der Waals surface area contributed by atoms with Gasteiger partial charge in [-0.3, -0.25) is 19.1 Å². The van der Waals surface area contributed by atoms with E-state index in [1.54, 1.807) is 26.9 Å². The maximum atomic E-state index is 13.5. The van der Waals surface area contributed by atoms with Crippen molar-refractivity contribution in [2.75, 3.05) is 39.3 Å². The van der Waals surface area contributed by atoms with Crippen molar-refractivity contribution in [3.05, 3.63) is 60.0 Å². The Morgan fingerprint density at radius 2 is 1.98 bits per heavy atom. The van der Waals surface area contributed by atoms with Crippen molar-refractivity contribution in [3.63, 3.8) is 0 Å². The first kappa shape index (κ1) is 28.3. The van der Waals surface area contributed by atoms with E-state index in [-0.39, 0.29) is 41.8 Å². The zero-order valence-electron chi connectivity index (χ0n) is 23.6. The van der Waals surface area contributed by atoms with Gasteiger partial charge in [0.05, 0.1) is 12.5 Å². The molecule has 0 unspecified atom stereocenters. The molecule has 3 aromatic rings. The minimum Gasteiger partial charge on any atom is -0.494 e. The van der Waals surface area contributed by atoms with Gasteiger partial charge in [0.25, 0.3) is 5.91 Å². The number of aryl methyl sites for hydroxylation is 1. The second kappa shape index (κ2) is 13.0. The number of nitrogens with one attached hydrogen (secondary N) is 1. The Morgan fingerprint density at radius 1 is 1.12 bits per heavy atom. The van der Waals surface area contributed by atoms with Gasteiger partial charge in [-0.05, 0) is 30.5 Å². The van der Waals surface area contributed by atoms with Crippen molar-refractivity contribution < 1.29 is 23.6 Å². The smallest absolute Gasteiger partial charge is 0.276 e. The molecule has 1 fully saturated rings. The molecule has 41 heavy (non-hydrogen) atoms. The van der Waals surface area contributed by atoms with Crippen molar-refractivity contribution >= 4 is 17.7 Å². The molecule has 1 aromatic carbocycles. The van der Waals surface area contributed by atoms with Crippen LogP contribution in [-0.4, -0.2) is 86.8 Å². The zero-order chi connectivity index (χ0) is 28.8. The van der Waals surface area contributed by atoms with Crippen LogP contribution in [0.5, 0.6) is 5.75 Å². The van der Waals surface area contributed by atoms with Crippen LogP contribution in [0.15, 0.2) is 47.5 Å². The number of aromatic nitrogens is 4. The van der Waals surface area contributed by atoms with Crippen LogP contribution in [0.2, 0.25) is 0 Å². The Morgan fingerprint density at radius 3 is 2.76 bits per heavy atom. The van der Waals surface area contributed by atoms with Crippen LogP contribution in [0.25, 0.3) is 0 Å². The van der Waals surface area contributed by atoms with Crippen molar-refractivity contribution in [1.29, 1.82) is 0 Å². The maximum absolute atomic E-state index is 13.5. The second-order valence-corrected chi connectivity index (χ2v) is 10.9. The fraction of sp³-hybridized carbons (Fsp3) is 0.517. The highest BCUT2D eigenvalue weighted by Crippen LogP contribution is 2.35. The number of hydrogen-bond acceptors (Lipinski definition) is 8. The average Bonchev–Trinajstić information content (AvgIpc) is 3.75. The lowest BCUT2D eigenvalue weighted by Gasteiger charge is -2.24. The molecule has 2 aliphatic rings. The Balaban J connectivity index is 1.28. The molecule has 2 bridgehead atoms. The van der Waals surface area contributed by atoms with E-state index in [0.29, 0.717) is 70.1 Å². The first-order valence-electron chi connectivity index (χ1n) is 14.3. The number of amides is 3. The Labute approximate surface area is 239 Å². The highest BCUT2D eigenvalue weighted by molar-refractivity contribution is 5.92. The van der Waals surface area contributed by atoms with Gasteiger partial charge in [-0.25, -0.2) is 4.98 Å². The molecule has 0 aliphatic carbocycles. The van der Waals surface area contributed by atoms with Gasteiger partial charge in [0.15, 0.2) is 5.69 Å². The lowest BCUT2D eigenvalue weighted by Crippen LogP contribution is -2.42. The van der Waals surface area contributed by atoms with Crippen molar-refractivity contribution in [1.82, 2.24) is 35.0 Å². The Bertz CT molecular complexity index is 1340. The van der Waals surface area contributed by atoms with E-state index in [1.165, 1.54) is 6.33 Å². The highest BCUT2D eigenvalue weighted by atomic mass is 16.5. The highest BCUT2D eigenvalue weighted by Gasteiger charge is 2.40. The molecular weight excluding hydrogens is 526 g/mol. The van der Waals surface area contributed by atoms with E-state index >= 15 is 0 Å². The molecule has 2 aromatic heterocycles. The number of carbonyl (C=O) groups excluding carboxylic acids is 3. The lowest BCUT2D eigenvalue weighted by atomic mass is 9.88. The maximum Gasteiger partial charge on any atom is 0.276 e. The molecule has 3 amide bonds. The number of hydrogen-bond donors (Lipinski definition) is 1. The van der Waals surface area contributed by atoms with E-state index in [0.717, 1.165) is 5.56 Å². The Kier molecular flexibility index (Phi) is 8.95. The third-order valence-electron chi connectivity index (χ3n) is 7.67. The van der Waals surface area contributed by atoms with Crippen LogP contribution < -0.4 is 10.1 Å². The number of ether oxygens (including phenoxy) is 1. The zero-order valence-corrected chi connectivity index (χ0v) is 23.6. The summed E-state index contributed by atoms with van der Waals surface area (Å²) in [4.78, 5) is 47.3. The molecule has 12 nitrogen and oxygen atoms in total. The van der Waals surface area contributed by atoms with Crippen molar-refractivity contribution in [2.45, 2.75) is 51.5 Å². The van der Waals surface area contributed by atoms with Gasteiger partial charge in [0.1, 0.15) is 24.2 Å². The predicted molar refractivity (Wildman–Crippen MR) is 148 cm³/mol. The molecule has 4 heterocycles. The molecule has 1 N–H and O–H groups in total. The average molecular weight is 564 g/mol. The molecule has 5 rings (SSSR count). The predicted octanol–water partition coefficient (Wildman–Crippen LogP) is 2.45. The van der Waals surface area contributed by atoms with E-state index in [1.807, 2.05) is 38.1 Å². The summed E-state index contributed by atoms with van der Waals surface area (Å²) in [5, 5.41) is 11.1. The van der Waals surface area contributed by atoms with Gasteiger partial charge < -0.3 is 24.4 Å². The number of rotatable bonds is 6. The van der Waals surface area contributed by atoms with Crippen LogP contribution in [0.3, 0.4) is 0 Å². The summed E-state index contributed by atoms with van der Waals surface area (Å²) < 4.78 is 13.1. The summed E-state index contributed by atoms with van der Waals surface area (Å²) >= 11 is 0. The summed E-state index contributed by atoms with van der Waals surface area (Å²) in [6.45, 7) is 6.83. The molecule has 1 saturated heterocycles. The van der Waals surface area contributed by atoms with Gasteiger partial charge in [-0.15, -0.1) is 0 Å². The molecule has 0 saturated carbocycles. The van der Waals surface area contributed by atoms with Gasteiger partial charge in [0, 0.05) is 63.6 Å². The number of benzene rings is 1. The number of likely N-dealkylation sites (tertiary alicyclic amines) is 1.